The largest absolute Gasteiger partial charge is 0.482 e. The minimum atomic E-state index is -0.470. The van der Waals surface area contributed by atoms with Crippen LogP contribution >= 0.6 is 0 Å². The van der Waals surface area contributed by atoms with Crippen LogP contribution in [0.5, 0.6) is 11.5 Å². The molecule has 0 saturated heterocycles. The SMILES string of the molecule is CCN(CC)c1ccc2c(c1)OC(=O)C(CCNC(=O)NCc1cccc(OCC(=O)OC)c1)C2C. The summed E-state index contributed by atoms with van der Waals surface area (Å²) in [7, 11) is 1.30. The Balaban J connectivity index is 1.48. The van der Waals surface area contributed by atoms with E-state index in [4.69, 9.17) is 9.47 Å². The van der Waals surface area contributed by atoms with Crippen LogP contribution in [-0.2, 0) is 20.9 Å². The van der Waals surface area contributed by atoms with Crippen molar-refractivity contribution in [2.24, 2.45) is 5.92 Å². The van der Waals surface area contributed by atoms with Crippen LogP contribution in [0, 0.1) is 5.92 Å². The van der Waals surface area contributed by atoms with E-state index in [0.717, 1.165) is 29.9 Å². The van der Waals surface area contributed by atoms with Gasteiger partial charge in [0.1, 0.15) is 11.5 Å². The average molecular weight is 498 g/mol. The second-order valence-electron chi connectivity index (χ2n) is 8.62. The third kappa shape index (κ3) is 6.90. The molecule has 1 aliphatic heterocycles. The molecule has 2 aromatic carbocycles. The maximum Gasteiger partial charge on any atom is 0.343 e. The molecule has 0 spiro atoms. The van der Waals surface area contributed by atoms with E-state index < -0.39 is 5.97 Å². The molecule has 2 atom stereocenters. The minimum Gasteiger partial charge on any atom is -0.482 e. The molecule has 0 bridgehead atoms. The number of nitrogens with one attached hydrogen (secondary N) is 2. The number of carbonyl (C=O) groups is 3. The van der Waals surface area contributed by atoms with E-state index in [1.807, 2.05) is 25.1 Å². The normalized spacial score (nSPS) is 16.4. The Kier molecular flexibility index (Phi) is 9.55. The summed E-state index contributed by atoms with van der Waals surface area (Å²) < 4.78 is 15.6. The van der Waals surface area contributed by atoms with Gasteiger partial charge in [-0.05, 0) is 55.5 Å². The van der Waals surface area contributed by atoms with Crippen molar-refractivity contribution in [1.82, 2.24) is 10.6 Å². The molecule has 2 N–H and O–H groups in total. The summed E-state index contributed by atoms with van der Waals surface area (Å²) in [6, 6.07) is 12.8. The second kappa shape index (κ2) is 12.8. The van der Waals surface area contributed by atoms with Gasteiger partial charge in [-0.15, -0.1) is 0 Å². The van der Waals surface area contributed by atoms with Gasteiger partial charge in [-0.25, -0.2) is 9.59 Å². The number of benzene rings is 2. The topological polar surface area (TPSA) is 106 Å². The predicted molar refractivity (Wildman–Crippen MR) is 136 cm³/mol. The predicted octanol–water partition coefficient (Wildman–Crippen LogP) is 3.61. The van der Waals surface area contributed by atoms with Gasteiger partial charge < -0.3 is 29.7 Å². The van der Waals surface area contributed by atoms with Crippen molar-refractivity contribution in [2.75, 3.05) is 38.3 Å². The first-order valence-electron chi connectivity index (χ1n) is 12.3. The molecule has 0 aromatic heterocycles. The highest BCUT2D eigenvalue weighted by atomic mass is 16.6. The van der Waals surface area contributed by atoms with E-state index in [1.165, 1.54) is 7.11 Å². The summed E-state index contributed by atoms with van der Waals surface area (Å²) in [6.45, 7) is 8.41. The number of rotatable bonds is 11. The van der Waals surface area contributed by atoms with Gasteiger partial charge in [-0.3, -0.25) is 4.79 Å². The van der Waals surface area contributed by atoms with Crippen LogP contribution in [0.15, 0.2) is 42.5 Å². The standard InChI is InChI=1S/C27H35N3O6/c1-5-30(6-2)20-10-11-22-18(3)23(26(32)36-24(22)15-20)12-13-28-27(33)29-16-19-8-7-9-21(14-19)35-17-25(31)34-4/h7-11,14-15,18,23H,5-6,12-13,16-17H2,1-4H3,(H2,28,29,33). The van der Waals surface area contributed by atoms with Crippen molar-refractivity contribution in [3.63, 3.8) is 0 Å². The zero-order valence-corrected chi connectivity index (χ0v) is 21.3. The van der Waals surface area contributed by atoms with Gasteiger partial charge in [0.05, 0.1) is 13.0 Å². The molecule has 0 aliphatic carbocycles. The number of esters is 2. The fourth-order valence-electron chi connectivity index (χ4n) is 4.28. The van der Waals surface area contributed by atoms with Crippen molar-refractivity contribution >= 4 is 23.7 Å². The van der Waals surface area contributed by atoms with Crippen molar-refractivity contribution in [3.8, 4) is 11.5 Å². The monoisotopic (exact) mass is 497 g/mol. The van der Waals surface area contributed by atoms with Crippen molar-refractivity contribution < 1.29 is 28.6 Å². The Bertz CT molecular complexity index is 1070. The van der Waals surface area contributed by atoms with Crippen LogP contribution in [-0.4, -0.2) is 51.3 Å². The molecule has 2 amide bonds. The van der Waals surface area contributed by atoms with Gasteiger partial charge in [-0.2, -0.15) is 0 Å². The van der Waals surface area contributed by atoms with E-state index in [1.54, 1.807) is 18.2 Å². The van der Waals surface area contributed by atoms with E-state index >= 15 is 0 Å². The molecule has 0 saturated carbocycles. The molecule has 3 rings (SSSR count). The Labute approximate surface area is 212 Å². The maximum atomic E-state index is 12.7. The molecule has 9 heteroatoms. The van der Waals surface area contributed by atoms with E-state index in [9.17, 15) is 14.4 Å². The first kappa shape index (κ1) is 26.8. The van der Waals surface area contributed by atoms with E-state index in [-0.39, 0.29) is 37.0 Å². The first-order valence-corrected chi connectivity index (χ1v) is 12.3. The number of hydrogen-bond acceptors (Lipinski definition) is 7. The molecule has 1 aliphatic rings. The maximum absolute atomic E-state index is 12.7. The molecular formula is C27H35N3O6. The van der Waals surface area contributed by atoms with Crippen molar-refractivity contribution in [2.45, 2.75) is 39.7 Å². The molecule has 0 fully saturated rings. The molecule has 2 aromatic rings. The van der Waals surface area contributed by atoms with Crippen LogP contribution in [0.2, 0.25) is 0 Å². The number of fused-ring (bicyclic) bond motifs is 1. The molecule has 0 radical (unpaired) electrons. The Morgan fingerprint density at radius 3 is 2.58 bits per heavy atom. The van der Waals surface area contributed by atoms with Gasteiger partial charge in [-0.1, -0.05) is 25.1 Å². The summed E-state index contributed by atoms with van der Waals surface area (Å²) in [5.74, 6) is 0.0519. The zero-order chi connectivity index (χ0) is 26.1. The molecule has 2 unspecified atom stereocenters. The highest BCUT2D eigenvalue weighted by Gasteiger charge is 2.35. The van der Waals surface area contributed by atoms with Crippen LogP contribution in [0.1, 0.15) is 44.2 Å². The van der Waals surface area contributed by atoms with Gasteiger partial charge in [0.15, 0.2) is 6.61 Å². The van der Waals surface area contributed by atoms with Gasteiger partial charge in [0.2, 0.25) is 0 Å². The highest BCUT2D eigenvalue weighted by Crippen LogP contribution is 2.40. The molecule has 1 heterocycles. The number of methoxy groups -OCH3 is 1. The Morgan fingerprint density at radius 1 is 1.08 bits per heavy atom. The number of hydrogen-bond donors (Lipinski definition) is 2. The molecule has 9 nitrogen and oxygen atoms in total. The smallest absolute Gasteiger partial charge is 0.343 e. The quantitative estimate of drug-likeness (QED) is 0.361. The van der Waals surface area contributed by atoms with Crippen molar-refractivity contribution in [3.05, 3.63) is 53.6 Å². The fraction of sp³-hybridized carbons (Fsp3) is 0.444. The lowest BCUT2D eigenvalue weighted by Gasteiger charge is -2.31. The second-order valence-corrected chi connectivity index (χ2v) is 8.62. The van der Waals surface area contributed by atoms with E-state index in [2.05, 4.69) is 40.2 Å². The minimum absolute atomic E-state index is 0.00964. The number of ether oxygens (including phenoxy) is 3. The Hall–Kier alpha value is -3.75. The molecule has 194 valence electrons. The number of amides is 2. The number of carbonyl (C=O) groups excluding carboxylic acids is 3. The summed E-state index contributed by atoms with van der Waals surface area (Å²) in [4.78, 5) is 38.4. The van der Waals surface area contributed by atoms with Crippen molar-refractivity contribution in [1.29, 1.82) is 0 Å². The van der Waals surface area contributed by atoms with Crippen LogP contribution in [0.4, 0.5) is 10.5 Å². The average Bonchev–Trinajstić information content (AvgIpc) is 2.88. The number of anilines is 1. The fourth-order valence-corrected chi connectivity index (χ4v) is 4.28. The summed E-state index contributed by atoms with van der Waals surface area (Å²) in [5.41, 5.74) is 2.86. The zero-order valence-electron chi connectivity index (χ0n) is 21.3. The van der Waals surface area contributed by atoms with Gasteiger partial charge >= 0.3 is 18.0 Å². The number of urea groups is 1. The van der Waals surface area contributed by atoms with Gasteiger partial charge in [0.25, 0.3) is 0 Å². The third-order valence-electron chi connectivity index (χ3n) is 6.41. The molecular weight excluding hydrogens is 462 g/mol. The lowest BCUT2D eigenvalue weighted by molar-refractivity contribution is -0.143. The van der Waals surface area contributed by atoms with E-state index in [0.29, 0.717) is 24.5 Å². The van der Waals surface area contributed by atoms with Crippen LogP contribution < -0.4 is 25.0 Å². The summed E-state index contributed by atoms with van der Waals surface area (Å²) >= 11 is 0. The summed E-state index contributed by atoms with van der Waals surface area (Å²) in [5, 5.41) is 5.60. The summed E-state index contributed by atoms with van der Waals surface area (Å²) in [6.07, 6.45) is 0.474. The van der Waals surface area contributed by atoms with Crippen LogP contribution in [0.25, 0.3) is 0 Å². The first-order chi connectivity index (χ1) is 17.4. The molecule has 36 heavy (non-hydrogen) atoms. The lowest BCUT2D eigenvalue weighted by Crippen LogP contribution is -2.38. The Morgan fingerprint density at radius 2 is 1.86 bits per heavy atom. The highest BCUT2D eigenvalue weighted by molar-refractivity contribution is 5.80. The van der Waals surface area contributed by atoms with Gasteiger partial charge in [0, 0.05) is 37.9 Å². The lowest BCUT2D eigenvalue weighted by atomic mass is 9.83. The van der Waals surface area contributed by atoms with Crippen LogP contribution in [0.3, 0.4) is 0 Å². The third-order valence-corrected chi connectivity index (χ3v) is 6.41. The number of nitrogens with zero attached hydrogens (tertiary/aromatic N) is 1.